The molecule has 3 N–H and O–H groups in total. The van der Waals surface area contributed by atoms with Crippen molar-refractivity contribution in [3.05, 3.63) is 95.6 Å². The first-order valence-electron chi connectivity index (χ1n) is 13.1. The van der Waals surface area contributed by atoms with E-state index in [0.717, 1.165) is 16.7 Å². The van der Waals surface area contributed by atoms with Gasteiger partial charge in [-0.2, -0.15) is 0 Å². The number of phenolic OH excluding ortho intramolecular Hbond substituents is 1. The second kappa shape index (κ2) is 13.5. The largest absolute Gasteiger partial charge is 0.508 e. The summed E-state index contributed by atoms with van der Waals surface area (Å²) >= 11 is 0. The highest BCUT2D eigenvalue weighted by atomic mass is 16.5. The van der Waals surface area contributed by atoms with Gasteiger partial charge in [-0.1, -0.05) is 54.6 Å². The van der Waals surface area contributed by atoms with Crippen molar-refractivity contribution >= 4 is 17.8 Å². The van der Waals surface area contributed by atoms with Gasteiger partial charge in [-0.05, 0) is 41.0 Å². The second-order valence-corrected chi connectivity index (χ2v) is 9.65. The van der Waals surface area contributed by atoms with Crippen molar-refractivity contribution < 1.29 is 24.2 Å². The van der Waals surface area contributed by atoms with Gasteiger partial charge in [-0.25, -0.2) is 9.80 Å². The fourth-order valence-corrected chi connectivity index (χ4v) is 4.50. The Balaban J connectivity index is 1.52. The molecule has 3 aromatic rings. The van der Waals surface area contributed by atoms with Crippen LogP contribution in [0.15, 0.2) is 78.9 Å². The standard InChI is InChI=1S/C30H35N5O5/c1-33(30(39)31-19-23-6-4-3-5-7-23)35-17-16-34(20-24-10-14-26(40-2)15-11-24)29(38)27(32-28(37)21-35)18-22-8-12-25(36)13-9-22/h3-15,27,36H,16-21H2,1-2H3,(H,31,39)(H,32,37)/t27-/m0/s1. The minimum absolute atomic E-state index is 0.0923. The van der Waals surface area contributed by atoms with Gasteiger partial charge < -0.3 is 25.4 Å². The summed E-state index contributed by atoms with van der Waals surface area (Å²) in [6, 6.07) is 22.4. The van der Waals surface area contributed by atoms with E-state index in [2.05, 4.69) is 10.6 Å². The Kier molecular flexibility index (Phi) is 9.58. The zero-order valence-electron chi connectivity index (χ0n) is 22.7. The highest BCUT2D eigenvalue weighted by Crippen LogP contribution is 2.17. The van der Waals surface area contributed by atoms with Gasteiger partial charge in [0.05, 0.1) is 13.7 Å². The molecule has 0 aliphatic carbocycles. The van der Waals surface area contributed by atoms with Crippen LogP contribution in [0, 0.1) is 0 Å². The van der Waals surface area contributed by atoms with Crippen LogP contribution in [0.25, 0.3) is 0 Å². The maximum atomic E-state index is 13.8. The zero-order chi connectivity index (χ0) is 28.5. The molecule has 1 aliphatic rings. The molecule has 0 bridgehead atoms. The van der Waals surface area contributed by atoms with Gasteiger partial charge in [0.1, 0.15) is 17.5 Å². The monoisotopic (exact) mass is 545 g/mol. The molecule has 4 amide bonds. The average molecular weight is 546 g/mol. The second-order valence-electron chi connectivity index (χ2n) is 9.65. The van der Waals surface area contributed by atoms with Gasteiger partial charge in [0.15, 0.2) is 0 Å². The number of rotatable bonds is 8. The van der Waals surface area contributed by atoms with Crippen molar-refractivity contribution in [2.75, 3.05) is 33.8 Å². The third kappa shape index (κ3) is 7.73. The van der Waals surface area contributed by atoms with Crippen LogP contribution < -0.4 is 15.4 Å². The number of ether oxygens (including phenoxy) is 1. The molecule has 0 aromatic heterocycles. The first kappa shape index (κ1) is 28.4. The van der Waals surface area contributed by atoms with Gasteiger partial charge in [-0.15, -0.1) is 0 Å². The van der Waals surface area contributed by atoms with Crippen LogP contribution >= 0.6 is 0 Å². The van der Waals surface area contributed by atoms with Crippen molar-refractivity contribution in [2.24, 2.45) is 0 Å². The lowest BCUT2D eigenvalue weighted by Crippen LogP contribution is -2.53. The Morgan fingerprint density at radius 1 is 0.975 bits per heavy atom. The van der Waals surface area contributed by atoms with Gasteiger partial charge in [-0.3, -0.25) is 14.6 Å². The number of nitrogens with zero attached hydrogens (tertiary/aromatic N) is 3. The smallest absolute Gasteiger partial charge is 0.331 e. The van der Waals surface area contributed by atoms with E-state index < -0.39 is 6.04 Å². The van der Waals surface area contributed by atoms with Crippen molar-refractivity contribution in [3.63, 3.8) is 0 Å². The number of benzene rings is 3. The predicted octanol–water partition coefficient (Wildman–Crippen LogP) is 2.53. The van der Waals surface area contributed by atoms with Crippen LogP contribution in [0.1, 0.15) is 16.7 Å². The Bertz CT molecular complexity index is 1280. The number of hydrogen-bond donors (Lipinski definition) is 3. The van der Waals surface area contributed by atoms with Crippen LogP contribution in [-0.2, 0) is 29.1 Å². The van der Waals surface area contributed by atoms with E-state index in [4.69, 9.17) is 4.74 Å². The molecular weight excluding hydrogens is 510 g/mol. The summed E-state index contributed by atoms with van der Waals surface area (Å²) < 4.78 is 5.25. The van der Waals surface area contributed by atoms with Crippen LogP contribution in [0.3, 0.4) is 0 Å². The number of aromatic hydroxyl groups is 1. The summed E-state index contributed by atoms with van der Waals surface area (Å²) in [7, 11) is 3.20. The number of carbonyl (C=O) groups is 3. The summed E-state index contributed by atoms with van der Waals surface area (Å²) in [5.41, 5.74) is 2.66. The molecule has 10 nitrogen and oxygen atoms in total. The number of hydrazine groups is 1. The van der Waals surface area contributed by atoms with Gasteiger partial charge in [0.25, 0.3) is 0 Å². The summed E-state index contributed by atoms with van der Waals surface area (Å²) in [5, 5.41) is 18.4. The maximum absolute atomic E-state index is 13.8. The fraction of sp³-hybridized carbons (Fsp3) is 0.300. The molecule has 1 fully saturated rings. The van der Waals surface area contributed by atoms with Crippen LogP contribution in [0.2, 0.25) is 0 Å². The minimum Gasteiger partial charge on any atom is -0.508 e. The van der Waals surface area contributed by atoms with E-state index >= 15 is 0 Å². The number of nitrogens with one attached hydrogen (secondary N) is 2. The van der Waals surface area contributed by atoms with Gasteiger partial charge in [0, 0.05) is 39.6 Å². The SMILES string of the molecule is COc1ccc(CN2CCN(N(C)C(=O)NCc3ccccc3)CC(=O)N[C@@H](Cc3ccc(O)cc3)C2=O)cc1. The lowest BCUT2D eigenvalue weighted by molar-refractivity contribution is -0.136. The van der Waals surface area contributed by atoms with Crippen LogP contribution in [0.5, 0.6) is 11.5 Å². The van der Waals surface area contributed by atoms with Crippen molar-refractivity contribution in [3.8, 4) is 11.5 Å². The van der Waals surface area contributed by atoms with E-state index in [0.29, 0.717) is 25.4 Å². The molecule has 40 heavy (non-hydrogen) atoms. The third-order valence-electron chi connectivity index (χ3n) is 6.81. The van der Waals surface area contributed by atoms with Crippen molar-refractivity contribution in [1.82, 2.24) is 25.6 Å². The Morgan fingerprint density at radius 2 is 1.65 bits per heavy atom. The van der Waals surface area contributed by atoms with E-state index in [1.165, 1.54) is 5.01 Å². The van der Waals surface area contributed by atoms with Crippen molar-refractivity contribution in [1.29, 1.82) is 0 Å². The molecule has 4 rings (SSSR count). The molecule has 3 aromatic carbocycles. The molecule has 0 spiro atoms. The summed E-state index contributed by atoms with van der Waals surface area (Å²) in [4.78, 5) is 41.6. The Morgan fingerprint density at radius 3 is 2.33 bits per heavy atom. The molecule has 1 saturated heterocycles. The molecule has 0 saturated carbocycles. The molecule has 0 unspecified atom stereocenters. The quantitative estimate of drug-likeness (QED) is 0.401. The number of amides is 4. The first-order valence-corrected chi connectivity index (χ1v) is 13.1. The predicted molar refractivity (Wildman–Crippen MR) is 150 cm³/mol. The Labute approximate surface area is 234 Å². The minimum atomic E-state index is -0.813. The number of carbonyl (C=O) groups excluding carboxylic acids is 3. The highest BCUT2D eigenvalue weighted by molar-refractivity contribution is 5.89. The number of urea groups is 1. The lowest BCUT2D eigenvalue weighted by Gasteiger charge is -2.32. The number of hydrogen-bond acceptors (Lipinski definition) is 6. The molecule has 0 radical (unpaired) electrons. The molecular formula is C30H35N5O5. The zero-order valence-corrected chi connectivity index (χ0v) is 22.7. The van der Waals surface area contributed by atoms with Crippen molar-refractivity contribution in [2.45, 2.75) is 25.6 Å². The Hall–Kier alpha value is -4.57. The molecule has 1 heterocycles. The summed E-state index contributed by atoms with van der Waals surface area (Å²) in [6.07, 6.45) is 0.261. The van der Waals surface area contributed by atoms with E-state index in [-0.39, 0.29) is 43.1 Å². The summed E-state index contributed by atoms with van der Waals surface area (Å²) in [5.74, 6) is 0.242. The molecule has 1 aliphatic heterocycles. The average Bonchev–Trinajstić information content (AvgIpc) is 3.02. The van der Waals surface area contributed by atoms with E-state index in [1.54, 1.807) is 48.3 Å². The normalized spacial score (nSPS) is 16.4. The number of phenols is 1. The van der Waals surface area contributed by atoms with E-state index in [1.807, 2.05) is 54.6 Å². The van der Waals surface area contributed by atoms with Gasteiger partial charge >= 0.3 is 6.03 Å². The first-order chi connectivity index (χ1) is 19.3. The van der Waals surface area contributed by atoms with E-state index in [9.17, 15) is 19.5 Å². The van der Waals surface area contributed by atoms with Crippen LogP contribution in [-0.4, -0.2) is 77.7 Å². The molecule has 1 atom stereocenters. The lowest BCUT2D eigenvalue weighted by atomic mass is 10.0. The highest BCUT2D eigenvalue weighted by Gasteiger charge is 2.31. The maximum Gasteiger partial charge on any atom is 0.331 e. The van der Waals surface area contributed by atoms with Gasteiger partial charge in [0.2, 0.25) is 11.8 Å². The third-order valence-corrected chi connectivity index (χ3v) is 6.81. The molecule has 210 valence electrons. The van der Waals surface area contributed by atoms with Crippen LogP contribution in [0.4, 0.5) is 4.79 Å². The molecule has 10 heteroatoms. The number of methoxy groups -OCH3 is 1. The summed E-state index contributed by atoms with van der Waals surface area (Å²) in [6.45, 7) is 1.15. The topological polar surface area (TPSA) is 114 Å². The fourth-order valence-electron chi connectivity index (χ4n) is 4.50.